The van der Waals surface area contributed by atoms with Gasteiger partial charge in [-0.25, -0.2) is 0 Å². The molecule has 0 atom stereocenters. The van der Waals surface area contributed by atoms with E-state index in [2.05, 4.69) is 30.5 Å². The van der Waals surface area contributed by atoms with E-state index in [9.17, 15) is 0 Å². The normalized spacial score (nSPS) is 10.9. The third kappa shape index (κ3) is 6.96. The number of hydrogen-bond donors (Lipinski definition) is 0. The maximum absolute atomic E-state index is 5.12. The third-order valence-electron chi connectivity index (χ3n) is 1.91. The molecule has 0 fully saturated rings. The van der Waals surface area contributed by atoms with Gasteiger partial charge in [0.2, 0.25) is 0 Å². The first-order chi connectivity index (χ1) is 8.36. The van der Waals surface area contributed by atoms with Crippen LogP contribution in [0.2, 0.25) is 0 Å². The summed E-state index contributed by atoms with van der Waals surface area (Å²) in [6.45, 7) is 2.21. The van der Waals surface area contributed by atoms with Crippen molar-refractivity contribution in [3.05, 3.63) is 35.7 Å². The van der Waals surface area contributed by atoms with Gasteiger partial charge in [-0.05, 0) is 36.1 Å². The lowest BCUT2D eigenvalue weighted by atomic mass is 10.3. The second kappa shape index (κ2) is 9.80. The Bertz CT molecular complexity index is 322. The first-order valence-electron chi connectivity index (χ1n) is 5.57. The fraction of sp³-hybridized carbons (Fsp3) is 0.385. The molecule has 0 saturated carbocycles. The molecule has 0 bridgehead atoms. The summed E-state index contributed by atoms with van der Waals surface area (Å²) >= 11 is 1.84. The molecular weight excluding hydrogens is 268 g/mol. The van der Waals surface area contributed by atoms with Gasteiger partial charge in [0.1, 0.15) is 5.75 Å². The van der Waals surface area contributed by atoms with Gasteiger partial charge < -0.3 is 4.74 Å². The molecule has 0 N–H and O–H groups in total. The Morgan fingerprint density at radius 2 is 2.00 bits per heavy atom. The highest BCUT2D eigenvalue weighted by Gasteiger charge is 1.93. The molecule has 0 aliphatic heterocycles. The number of methoxy groups -OCH3 is 1. The largest absolute Gasteiger partial charge is 0.497 e. The van der Waals surface area contributed by atoms with Crippen molar-refractivity contribution in [1.82, 2.24) is 0 Å². The summed E-state index contributed by atoms with van der Waals surface area (Å²) < 4.78 is 5.12. The standard InChI is InChI=1S/C13H18OS3/c1-3-9-16-17-11-4-10-15-13-7-5-12(14-2)6-8-13/h4-8,11H,3,9-10H2,1-2H3/b11-4+. The van der Waals surface area contributed by atoms with Gasteiger partial charge in [-0.2, -0.15) is 0 Å². The van der Waals surface area contributed by atoms with Crippen molar-refractivity contribution in [2.45, 2.75) is 18.2 Å². The van der Waals surface area contributed by atoms with Crippen molar-refractivity contribution in [3.8, 4) is 5.75 Å². The smallest absolute Gasteiger partial charge is 0.118 e. The summed E-state index contributed by atoms with van der Waals surface area (Å²) in [5, 5.41) is 2.18. The van der Waals surface area contributed by atoms with Gasteiger partial charge in [0.25, 0.3) is 0 Å². The number of rotatable bonds is 8. The third-order valence-corrected chi connectivity index (χ3v) is 5.13. The Hall–Kier alpha value is -0.190. The quantitative estimate of drug-likeness (QED) is 0.373. The Morgan fingerprint density at radius 3 is 2.65 bits per heavy atom. The molecule has 0 heterocycles. The molecule has 1 aromatic carbocycles. The second-order valence-corrected chi connectivity index (χ2v) is 6.76. The lowest BCUT2D eigenvalue weighted by molar-refractivity contribution is 0.414. The average molecular weight is 286 g/mol. The van der Waals surface area contributed by atoms with E-state index < -0.39 is 0 Å². The second-order valence-electron chi connectivity index (χ2n) is 3.28. The molecule has 0 aromatic heterocycles. The molecular formula is C13H18OS3. The van der Waals surface area contributed by atoms with Crippen LogP contribution in [0.3, 0.4) is 0 Å². The van der Waals surface area contributed by atoms with Gasteiger partial charge >= 0.3 is 0 Å². The van der Waals surface area contributed by atoms with E-state index in [1.54, 1.807) is 7.11 Å². The van der Waals surface area contributed by atoms with Crippen LogP contribution >= 0.6 is 33.3 Å². The molecule has 0 amide bonds. The van der Waals surface area contributed by atoms with Crippen LogP contribution in [-0.2, 0) is 0 Å². The van der Waals surface area contributed by atoms with Crippen LogP contribution < -0.4 is 4.74 Å². The minimum atomic E-state index is 0.913. The molecule has 0 unspecified atom stereocenters. The molecule has 0 spiro atoms. The van der Waals surface area contributed by atoms with E-state index in [4.69, 9.17) is 4.74 Å². The SMILES string of the molecule is CCCSS/C=C/CSc1ccc(OC)cc1. The monoisotopic (exact) mass is 286 g/mol. The Morgan fingerprint density at radius 1 is 1.24 bits per heavy atom. The number of benzene rings is 1. The Balaban J connectivity index is 2.17. The van der Waals surface area contributed by atoms with Crippen molar-refractivity contribution in [2.75, 3.05) is 18.6 Å². The molecule has 0 aliphatic carbocycles. The highest BCUT2D eigenvalue weighted by Crippen LogP contribution is 2.25. The van der Waals surface area contributed by atoms with Gasteiger partial charge in [-0.1, -0.05) is 34.6 Å². The van der Waals surface area contributed by atoms with Crippen LogP contribution in [0.1, 0.15) is 13.3 Å². The zero-order valence-corrected chi connectivity index (χ0v) is 12.7. The predicted molar refractivity (Wildman–Crippen MR) is 83.2 cm³/mol. The zero-order valence-electron chi connectivity index (χ0n) is 10.2. The topological polar surface area (TPSA) is 9.23 Å². The predicted octanol–water partition coefficient (Wildman–Crippen LogP) is 5.09. The Labute approximate surface area is 116 Å². The van der Waals surface area contributed by atoms with Crippen molar-refractivity contribution in [1.29, 1.82) is 0 Å². The van der Waals surface area contributed by atoms with E-state index in [1.165, 1.54) is 17.1 Å². The molecule has 1 aromatic rings. The van der Waals surface area contributed by atoms with E-state index in [-0.39, 0.29) is 0 Å². The minimum absolute atomic E-state index is 0.913. The van der Waals surface area contributed by atoms with Crippen LogP contribution in [0, 0.1) is 0 Å². The summed E-state index contributed by atoms with van der Waals surface area (Å²) in [5.41, 5.74) is 0. The molecule has 94 valence electrons. The number of ether oxygens (including phenoxy) is 1. The highest BCUT2D eigenvalue weighted by atomic mass is 33.1. The zero-order chi connectivity index (χ0) is 12.3. The van der Waals surface area contributed by atoms with Crippen molar-refractivity contribution >= 4 is 33.3 Å². The first-order valence-corrected chi connectivity index (χ1v) is 8.93. The molecule has 0 radical (unpaired) electrons. The summed E-state index contributed by atoms with van der Waals surface area (Å²) in [5.74, 6) is 3.16. The lowest BCUT2D eigenvalue weighted by Gasteiger charge is -2.01. The molecule has 4 heteroatoms. The fourth-order valence-corrected chi connectivity index (χ4v) is 3.68. The van der Waals surface area contributed by atoms with Gasteiger partial charge in [-0.3, -0.25) is 0 Å². The summed E-state index contributed by atoms with van der Waals surface area (Å²) in [7, 11) is 5.42. The maximum atomic E-state index is 5.12. The van der Waals surface area contributed by atoms with Crippen LogP contribution in [-0.4, -0.2) is 18.6 Å². The average Bonchev–Trinajstić information content (AvgIpc) is 2.38. The summed E-state index contributed by atoms with van der Waals surface area (Å²) in [6, 6.07) is 8.18. The summed E-state index contributed by atoms with van der Waals surface area (Å²) in [6.07, 6.45) is 3.45. The van der Waals surface area contributed by atoms with E-state index in [1.807, 2.05) is 45.5 Å². The lowest BCUT2D eigenvalue weighted by Crippen LogP contribution is -1.81. The molecule has 1 rings (SSSR count). The first kappa shape index (κ1) is 14.9. The minimum Gasteiger partial charge on any atom is -0.497 e. The van der Waals surface area contributed by atoms with Gasteiger partial charge in [0, 0.05) is 16.4 Å². The summed E-state index contributed by atoms with van der Waals surface area (Å²) in [4.78, 5) is 1.28. The van der Waals surface area contributed by atoms with Gasteiger partial charge in [0.15, 0.2) is 0 Å². The van der Waals surface area contributed by atoms with Crippen LogP contribution in [0.4, 0.5) is 0 Å². The van der Waals surface area contributed by atoms with Gasteiger partial charge in [-0.15, -0.1) is 11.8 Å². The molecule has 0 saturated heterocycles. The molecule has 17 heavy (non-hydrogen) atoms. The van der Waals surface area contributed by atoms with Crippen molar-refractivity contribution in [3.63, 3.8) is 0 Å². The van der Waals surface area contributed by atoms with Crippen molar-refractivity contribution in [2.24, 2.45) is 0 Å². The molecule has 0 aliphatic rings. The van der Waals surface area contributed by atoms with E-state index in [0.717, 1.165) is 11.5 Å². The van der Waals surface area contributed by atoms with Crippen molar-refractivity contribution < 1.29 is 4.74 Å². The molecule has 1 nitrogen and oxygen atoms in total. The van der Waals surface area contributed by atoms with Gasteiger partial charge in [0.05, 0.1) is 7.11 Å². The fourth-order valence-electron chi connectivity index (χ4n) is 1.07. The number of hydrogen-bond acceptors (Lipinski definition) is 4. The van der Waals surface area contributed by atoms with Crippen LogP contribution in [0.15, 0.2) is 40.6 Å². The number of thioether (sulfide) groups is 1. The Kier molecular flexibility index (Phi) is 8.57. The van der Waals surface area contributed by atoms with Crippen LogP contribution in [0.25, 0.3) is 0 Å². The van der Waals surface area contributed by atoms with Crippen LogP contribution in [0.5, 0.6) is 5.75 Å². The van der Waals surface area contributed by atoms with E-state index in [0.29, 0.717) is 0 Å². The highest BCUT2D eigenvalue weighted by molar-refractivity contribution is 8.77. The maximum Gasteiger partial charge on any atom is 0.118 e. The van der Waals surface area contributed by atoms with E-state index >= 15 is 0 Å².